The molecule has 1 nitrogen and oxygen atoms in total. The summed E-state index contributed by atoms with van der Waals surface area (Å²) in [5, 5.41) is 0. The Kier molecular flexibility index (Phi) is 3.94. The summed E-state index contributed by atoms with van der Waals surface area (Å²) in [4.78, 5) is 11.5. The molecule has 0 aliphatic rings. The lowest BCUT2D eigenvalue weighted by Crippen LogP contribution is -1.94. The highest BCUT2D eigenvalue weighted by Gasteiger charge is 1.98. The Hall–Kier alpha value is -1.55. The van der Waals surface area contributed by atoms with Crippen molar-refractivity contribution in [1.29, 1.82) is 0 Å². The van der Waals surface area contributed by atoms with Gasteiger partial charge in [0.25, 0.3) is 0 Å². The lowest BCUT2D eigenvalue weighted by atomic mass is 10.1. The van der Waals surface area contributed by atoms with Gasteiger partial charge in [0, 0.05) is 12.0 Å². The lowest BCUT2D eigenvalue weighted by molar-refractivity contribution is 0.105. The summed E-state index contributed by atoms with van der Waals surface area (Å²) >= 11 is 0. The molecule has 0 atom stereocenters. The molecule has 0 amide bonds. The molecule has 0 unspecified atom stereocenters. The van der Waals surface area contributed by atoms with Crippen molar-refractivity contribution in [1.82, 2.24) is 0 Å². The maximum absolute atomic E-state index is 11.5. The SMILES string of the molecule is CC(C)CC#CC(=O)c1ccccc1. The van der Waals surface area contributed by atoms with Crippen molar-refractivity contribution in [3.05, 3.63) is 35.9 Å². The standard InChI is InChI=1S/C13H14O/c1-11(2)7-6-10-13(14)12-8-4-3-5-9-12/h3-5,8-9,11H,7H2,1-2H3. The zero-order valence-electron chi connectivity index (χ0n) is 8.58. The Balaban J connectivity index is 2.62. The molecule has 0 saturated carbocycles. The Bertz CT molecular complexity index is 352. The minimum absolute atomic E-state index is 0.0914. The molecule has 0 aliphatic heterocycles. The van der Waals surface area contributed by atoms with E-state index < -0.39 is 0 Å². The fourth-order valence-corrected chi connectivity index (χ4v) is 0.997. The Morgan fingerprint density at radius 3 is 2.50 bits per heavy atom. The van der Waals surface area contributed by atoms with E-state index in [1.807, 2.05) is 18.2 Å². The number of Topliss-reactive ketones (excluding diaryl/α,β-unsaturated/α-hetero) is 1. The highest BCUT2D eigenvalue weighted by molar-refractivity contribution is 6.08. The second-order valence-corrected chi connectivity index (χ2v) is 3.59. The summed E-state index contributed by atoms with van der Waals surface area (Å²) in [6.07, 6.45) is 0.776. The zero-order chi connectivity index (χ0) is 10.4. The second kappa shape index (κ2) is 5.24. The molecule has 0 N–H and O–H groups in total. The van der Waals surface area contributed by atoms with Crippen LogP contribution < -0.4 is 0 Å². The van der Waals surface area contributed by atoms with Crippen LogP contribution in [0.4, 0.5) is 0 Å². The van der Waals surface area contributed by atoms with Gasteiger partial charge in [0.05, 0.1) is 0 Å². The van der Waals surface area contributed by atoms with Crippen molar-refractivity contribution < 1.29 is 4.79 Å². The number of carbonyl (C=O) groups excluding carboxylic acids is 1. The van der Waals surface area contributed by atoms with Gasteiger partial charge in [0.15, 0.2) is 0 Å². The van der Waals surface area contributed by atoms with Crippen molar-refractivity contribution in [2.75, 3.05) is 0 Å². The van der Waals surface area contributed by atoms with Gasteiger partial charge in [-0.25, -0.2) is 0 Å². The van der Waals surface area contributed by atoms with Crippen molar-refractivity contribution in [3.63, 3.8) is 0 Å². The number of benzene rings is 1. The predicted molar refractivity (Wildman–Crippen MR) is 58.0 cm³/mol. The molecule has 14 heavy (non-hydrogen) atoms. The van der Waals surface area contributed by atoms with Gasteiger partial charge < -0.3 is 0 Å². The maximum Gasteiger partial charge on any atom is 0.235 e. The van der Waals surface area contributed by atoms with Gasteiger partial charge in [-0.1, -0.05) is 50.1 Å². The van der Waals surface area contributed by atoms with Gasteiger partial charge in [-0.15, -0.1) is 0 Å². The monoisotopic (exact) mass is 186 g/mol. The molecule has 0 spiro atoms. The molecule has 1 rings (SSSR count). The van der Waals surface area contributed by atoms with Gasteiger partial charge in [-0.2, -0.15) is 0 Å². The average molecular weight is 186 g/mol. The van der Waals surface area contributed by atoms with Crippen LogP contribution in [0.2, 0.25) is 0 Å². The van der Waals surface area contributed by atoms with Crippen LogP contribution in [0.25, 0.3) is 0 Å². The van der Waals surface area contributed by atoms with Gasteiger partial charge in [-0.3, -0.25) is 4.79 Å². The van der Waals surface area contributed by atoms with Gasteiger partial charge in [0.1, 0.15) is 0 Å². The largest absolute Gasteiger partial charge is 0.279 e. The van der Waals surface area contributed by atoms with E-state index in [1.165, 1.54) is 0 Å². The van der Waals surface area contributed by atoms with E-state index in [4.69, 9.17) is 0 Å². The van der Waals surface area contributed by atoms with Crippen molar-refractivity contribution in [2.24, 2.45) is 5.92 Å². The number of hydrogen-bond acceptors (Lipinski definition) is 1. The first-order valence-electron chi connectivity index (χ1n) is 4.78. The van der Waals surface area contributed by atoms with Crippen molar-refractivity contribution >= 4 is 5.78 Å². The van der Waals surface area contributed by atoms with Crippen LogP contribution in [-0.4, -0.2) is 5.78 Å². The number of rotatable bonds is 2. The smallest absolute Gasteiger partial charge is 0.235 e. The molecule has 1 aromatic carbocycles. The van der Waals surface area contributed by atoms with Gasteiger partial charge >= 0.3 is 0 Å². The highest BCUT2D eigenvalue weighted by Crippen LogP contribution is 2.00. The molecule has 0 fully saturated rings. The second-order valence-electron chi connectivity index (χ2n) is 3.59. The molecule has 1 aromatic rings. The van der Waals surface area contributed by atoms with Crippen LogP contribution in [0.5, 0.6) is 0 Å². The molecule has 1 heteroatoms. The van der Waals surface area contributed by atoms with Crippen LogP contribution in [-0.2, 0) is 0 Å². The van der Waals surface area contributed by atoms with Crippen LogP contribution in [0.1, 0.15) is 30.6 Å². The van der Waals surface area contributed by atoms with E-state index in [0.717, 1.165) is 6.42 Å². The Morgan fingerprint density at radius 2 is 1.93 bits per heavy atom. The molecular weight excluding hydrogens is 172 g/mol. The number of carbonyl (C=O) groups is 1. The molecule has 0 heterocycles. The van der Waals surface area contributed by atoms with Crippen molar-refractivity contribution in [3.8, 4) is 11.8 Å². The first-order valence-corrected chi connectivity index (χ1v) is 4.78. The van der Waals surface area contributed by atoms with Crippen LogP contribution >= 0.6 is 0 Å². The molecule has 0 saturated heterocycles. The van der Waals surface area contributed by atoms with Gasteiger partial charge in [0.2, 0.25) is 5.78 Å². The summed E-state index contributed by atoms with van der Waals surface area (Å²) in [5.41, 5.74) is 0.670. The normalized spacial score (nSPS) is 9.36. The summed E-state index contributed by atoms with van der Waals surface area (Å²) < 4.78 is 0. The third-order valence-corrected chi connectivity index (χ3v) is 1.75. The molecule has 72 valence electrons. The topological polar surface area (TPSA) is 17.1 Å². The molecular formula is C13H14O. The summed E-state index contributed by atoms with van der Waals surface area (Å²) in [5.74, 6) is 5.95. The molecule has 0 radical (unpaired) electrons. The average Bonchev–Trinajstić information content (AvgIpc) is 2.18. The molecule has 0 bridgehead atoms. The van der Waals surface area contributed by atoms with E-state index in [2.05, 4.69) is 25.7 Å². The molecule has 0 aromatic heterocycles. The van der Waals surface area contributed by atoms with Crippen LogP contribution in [0.3, 0.4) is 0 Å². The van der Waals surface area contributed by atoms with E-state index in [-0.39, 0.29) is 5.78 Å². The van der Waals surface area contributed by atoms with E-state index in [9.17, 15) is 4.79 Å². The van der Waals surface area contributed by atoms with Crippen LogP contribution in [0, 0.1) is 17.8 Å². The first-order chi connectivity index (χ1) is 6.70. The number of ketones is 1. The minimum Gasteiger partial charge on any atom is -0.279 e. The van der Waals surface area contributed by atoms with Crippen LogP contribution in [0.15, 0.2) is 30.3 Å². The van der Waals surface area contributed by atoms with E-state index >= 15 is 0 Å². The lowest BCUT2D eigenvalue weighted by Gasteiger charge is -1.93. The van der Waals surface area contributed by atoms with E-state index in [0.29, 0.717) is 11.5 Å². The first kappa shape index (κ1) is 10.5. The number of hydrogen-bond donors (Lipinski definition) is 0. The highest BCUT2D eigenvalue weighted by atomic mass is 16.1. The zero-order valence-corrected chi connectivity index (χ0v) is 8.58. The predicted octanol–water partition coefficient (Wildman–Crippen LogP) is 2.92. The summed E-state index contributed by atoms with van der Waals surface area (Å²) in [7, 11) is 0. The molecule has 0 aliphatic carbocycles. The fraction of sp³-hybridized carbons (Fsp3) is 0.308. The quantitative estimate of drug-likeness (QED) is 0.394. The Morgan fingerprint density at radius 1 is 1.29 bits per heavy atom. The fourth-order valence-electron chi connectivity index (χ4n) is 0.997. The third kappa shape index (κ3) is 3.45. The van der Waals surface area contributed by atoms with Crippen molar-refractivity contribution in [2.45, 2.75) is 20.3 Å². The van der Waals surface area contributed by atoms with Gasteiger partial charge in [-0.05, 0) is 11.8 Å². The third-order valence-electron chi connectivity index (χ3n) is 1.75. The Labute approximate surface area is 85.1 Å². The summed E-state index contributed by atoms with van der Waals surface area (Å²) in [6.45, 7) is 4.17. The maximum atomic E-state index is 11.5. The van der Waals surface area contributed by atoms with E-state index in [1.54, 1.807) is 12.1 Å². The minimum atomic E-state index is -0.0914. The summed E-state index contributed by atoms with van der Waals surface area (Å²) in [6, 6.07) is 9.14.